The molecule has 2 rings (SSSR count). The zero-order valence-corrected chi connectivity index (χ0v) is 10.5. The van der Waals surface area contributed by atoms with Gasteiger partial charge in [0, 0.05) is 17.0 Å². The Kier molecular flexibility index (Phi) is 3.37. The van der Waals surface area contributed by atoms with Gasteiger partial charge in [0.2, 0.25) is 0 Å². The Labute approximate surface area is 96.7 Å². The van der Waals surface area contributed by atoms with Crippen molar-refractivity contribution >= 4 is 11.8 Å². The van der Waals surface area contributed by atoms with E-state index in [2.05, 4.69) is 44.4 Å². The maximum atomic E-state index is 3.44. The molecule has 2 atom stereocenters. The standard InChI is InChI=1S/C13H19NS/c1-4-10-5-6-11-8-15-9(2)13(14-3)12(11)7-10/h5-7,9,13-14H,4,8H2,1-3H3. The largest absolute Gasteiger partial charge is 0.312 e. The molecule has 15 heavy (non-hydrogen) atoms. The van der Waals surface area contributed by atoms with E-state index in [9.17, 15) is 0 Å². The van der Waals surface area contributed by atoms with Gasteiger partial charge < -0.3 is 5.32 Å². The van der Waals surface area contributed by atoms with Gasteiger partial charge in [0.05, 0.1) is 0 Å². The Morgan fingerprint density at radius 3 is 2.93 bits per heavy atom. The van der Waals surface area contributed by atoms with Crippen LogP contribution >= 0.6 is 11.8 Å². The molecule has 1 nitrogen and oxygen atoms in total. The normalized spacial score (nSPS) is 25.0. The van der Waals surface area contributed by atoms with Crippen LogP contribution in [0.15, 0.2) is 18.2 Å². The topological polar surface area (TPSA) is 12.0 Å². The van der Waals surface area contributed by atoms with Gasteiger partial charge >= 0.3 is 0 Å². The van der Waals surface area contributed by atoms with Crippen molar-refractivity contribution in [3.05, 3.63) is 34.9 Å². The zero-order chi connectivity index (χ0) is 10.8. The summed E-state index contributed by atoms with van der Waals surface area (Å²) in [5.74, 6) is 1.17. The SMILES string of the molecule is CCc1ccc2c(c1)C(NC)C(C)SC2. The number of rotatable bonds is 2. The summed E-state index contributed by atoms with van der Waals surface area (Å²) >= 11 is 2.04. The third kappa shape index (κ3) is 2.06. The highest BCUT2D eigenvalue weighted by Crippen LogP contribution is 2.37. The van der Waals surface area contributed by atoms with Gasteiger partial charge in [-0.15, -0.1) is 0 Å². The Morgan fingerprint density at radius 2 is 2.27 bits per heavy atom. The first-order chi connectivity index (χ1) is 7.26. The second-order valence-corrected chi connectivity index (χ2v) is 5.53. The Bertz CT molecular complexity index is 348. The van der Waals surface area contributed by atoms with Crippen LogP contribution in [-0.4, -0.2) is 12.3 Å². The molecule has 82 valence electrons. The molecule has 0 saturated carbocycles. The summed E-state index contributed by atoms with van der Waals surface area (Å²) in [6.07, 6.45) is 1.13. The molecule has 0 aliphatic carbocycles. The lowest BCUT2D eigenvalue weighted by atomic mass is 9.95. The summed E-state index contributed by atoms with van der Waals surface area (Å²) in [6, 6.07) is 7.47. The number of nitrogens with one attached hydrogen (secondary N) is 1. The van der Waals surface area contributed by atoms with Crippen molar-refractivity contribution in [2.75, 3.05) is 7.05 Å². The maximum Gasteiger partial charge on any atom is 0.0438 e. The lowest BCUT2D eigenvalue weighted by Gasteiger charge is -2.31. The minimum atomic E-state index is 0.519. The van der Waals surface area contributed by atoms with Gasteiger partial charge in [-0.1, -0.05) is 32.0 Å². The smallest absolute Gasteiger partial charge is 0.0438 e. The van der Waals surface area contributed by atoms with E-state index in [-0.39, 0.29) is 0 Å². The minimum absolute atomic E-state index is 0.519. The highest BCUT2D eigenvalue weighted by atomic mass is 32.2. The van der Waals surface area contributed by atoms with Crippen LogP contribution in [0, 0.1) is 0 Å². The van der Waals surface area contributed by atoms with Crippen LogP contribution in [0.3, 0.4) is 0 Å². The summed E-state index contributed by atoms with van der Waals surface area (Å²) < 4.78 is 0. The summed E-state index contributed by atoms with van der Waals surface area (Å²) in [5, 5.41) is 4.12. The molecule has 2 heteroatoms. The molecule has 2 unspecified atom stereocenters. The molecule has 0 saturated heterocycles. The summed E-state index contributed by atoms with van der Waals surface area (Å²) in [5.41, 5.74) is 4.48. The molecule has 0 radical (unpaired) electrons. The molecule has 0 amide bonds. The van der Waals surface area contributed by atoms with Crippen LogP contribution in [-0.2, 0) is 12.2 Å². The maximum absolute atomic E-state index is 3.44. The number of fused-ring (bicyclic) bond motifs is 1. The molecule has 0 fully saturated rings. The van der Waals surface area contributed by atoms with E-state index in [4.69, 9.17) is 0 Å². The highest BCUT2D eigenvalue weighted by Gasteiger charge is 2.25. The van der Waals surface area contributed by atoms with Crippen molar-refractivity contribution in [1.82, 2.24) is 5.32 Å². The van der Waals surface area contributed by atoms with Gasteiger partial charge in [-0.3, -0.25) is 0 Å². The van der Waals surface area contributed by atoms with Crippen LogP contribution in [0.2, 0.25) is 0 Å². The molecule has 0 bridgehead atoms. The molecule has 1 aliphatic rings. The lowest BCUT2D eigenvalue weighted by molar-refractivity contribution is 0.578. The van der Waals surface area contributed by atoms with Crippen LogP contribution < -0.4 is 5.32 Å². The number of benzene rings is 1. The van der Waals surface area contributed by atoms with Crippen LogP contribution in [0.25, 0.3) is 0 Å². The van der Waals surface area contributed by atoms with Crippen molar-refractivity contribution in [2.24, 2.45) is 0 Å². The predicted octanol–water partition coefficient (Wildman–Crippen LogP) is 3.14. The van der Waals surface area contributed by atoms with Gasteiger partial charge in [0.1, 0.15) is 0 Å². The van der Waals surface area contributed by atoms with Crippen molar-refractivity contribution in [3.8, 4) is 0 Å². The van der Waals surface area contributed by atoms with Crippen molar-refractivity contribution in [2.45, 2.75) is 37.3 Å². The van der Waals surface area contributed by atoms with Crippen LogP contribution in [0.1, 0.15) is 36.6 Å². The molecular formula is C13H19NS. The van der Waals surface area contributed by atoms with Gasteiger partial charge in [-0.2, -0.15) is 11.8 Å². The molecule has 1 aliphatic heterocycles. The fourth-order valence-corrected chi connectivity index (χ4v) is 3.43. The molecule has 1 heterocycles. The van der Waals surface area contributed by atoms with Gasteiger partial charge in [-0.05, 0) is 30.2 Å². The van der Waals surface area contributed by atoms with Crippen molar-refractivity contribution < 1.29 is 0 Å². The van der Waals surface area contributed by atoms with E-state index in [1.54, 1.807) is 0 Å². The van der Waals surface area contributed by atoms with Gasteiger partial charge in [0.15, 0.2) is 0 Å². The first-order valence-electron chi connectivity index (χ1n) is 5.66. The molecule has 1 N–H and O–H groups in total. The van der Waals surface area contributed by atoms with E-state index in [1.165, 1.54) is 22.4 Å². The van der Waals surface area contributed by atoms with Crippen molar-refractivity contribution in [3.63, 3.8) is 0 Å². The average Bonchev–Trinajstić information content (AvgIpc) is 2.28. The monoisotopic (exact) mass is 221 g/mol. The summed E-state index contributed by atoms with van der Waals surface area (Å²) in [6.45, 7) is 4.53. The predicted molar refractivity (Wildman–Crippen MR) is 68.4 cm³/mol. The van der Waals surface area contributed by atoms with Crippen LogP contribution in [0.5, 0.6) is 0 Å². The number of thioether (sulfide) groups is 1. The quantitative estimate of drug-likeness (QED) is 0.823. The van der Waals surface area contributed by atoms with E-state index >= 15 is 0 Å². The number of aryl methyl sites for hydroxylation is 1. The third-order valence-electron chi connectivity index (χ3n) is 3.24. The van der Waals surface area contributed by atoms with E-state index in [0.717, 1.165) is 6.42 Å². The van der Waals surface area contributed by atoms with Gasteiger partial charge in [0.25, 0.3) is 0 Å². The summed E-state index contributed by atoms with van der Waals surface area (Å²) in [4.78, 5) is 0. The first kappa shape index (κ1) is 11.0. The molecular weight excluding hydrogens is 202 g/mol. The third-order valence-corrected chi connectivity index (χ3v) is 4.51. The van der Waals surface area contributed by atoms with Crippen LogP contribution in [0.4, 0.5) is 0 Å². The number of hydrogen-bond acceptors (Lipinski definition) is 2. The van der Waals surface area contributed by atoms with Crippen molar-refractivity contribution in [1.29, 1.82) is 0 Å². The second kappa shape index (κ2) is 4.58. The Hall–Kier alpha value is -0.470. The highest BCUT2D eigenvalue weighted by molar-refractivity contribution is 7.99. The zero-order valence-electron chi connectivity index (χ0n) is 9.71. The van der Waals surface area contributed by atoms with Gasteiger partial charge in [-0.25, -0.2) is 0 Å². The molecule has 1 aromatic rings. The first-order valence-corrected chi connectivity index (χ1v) is 6.71. The average molecular weight is 221 g/mol. The Morgan fingerprint density at radius 1 is 1.47 bits per heavy atom. The van der Waals surface area contributed by atoms with E-state index in [1.807, 2.05) is 11.8 Å². The minimum Gasteiger partial charge on any atom is -0.312 e. The number of hydrogen-bond donors (Lipinski definition) is 1. The van der Waals surface area contributed by atoms with E-state index < -0.39 is 0 Å². The fraction of sp³-hybridized carbons (Fsp3) is 0.538. The molecule has 0 aromatic heterocycles. The summed E-state index contributed by atoms with van der Waals surface area (Å²) in [7, 11) is 2.06. The van der Waals surface area contributed by atoms with E-state index in [0.29, 0.717) is 11.3 Å². The second-order valence-electron chi connectivity index (χ2n) is 4.17. The Balaban J connectivity index is 2.41. The fourth-order valence-electron chi connectivity index (χ4n) is 2.25. The molecule has 1 aromatic carbocycles. The molecule has 0 spiro atoms. The lowest BCUT2D eigenvalue weighted by Crippen LogP contribution is -2.29.